The molecule has 2 atom stereocenters. The van der Waals surface area contributed by atoms with Crippen LogP contribution in [-0.4, -0.2) is 19.4 Å². The number of fused-ring (bicyclic) bond motifs is 1. The van der Waals surface area contributed by atoms with Crippen molar-refractivity contribution in [2.75, 3.05) is 13.3 Å². The average molecular weight is 262 g/mol. The van der Waals surface area contributed by atoms with Crippen LogP contribution in [0.25, 0.3) is 0 Å². The zero-order valence-corrected chi connectivity index (χ0v) is 11.2. The highest BCUT2D eigenvalue weighted by Gasteiger charge is 2.18. The number of benzene rings is 1. The van der Waals surface area contributed by atoms with E-state index in [4.69, 9.17) is 15.2 Å². The molecule has 3 rings (SSSR count). The minimum absolute atomic E-state index is 0.339. The molecule has 0 amide bonds. The summed E-state index contributed by atoms with van der Waals surface area (Å²) in [6, 6.07) is 6.54. The minimum atomic E-state index is 0.339. The molecule has 1 aromatic rings. The van der Waals surface area contributed by atoms with Crippen LogP contribution in [0, 0.1) is 5.92 Å². The van der Waals surface area contributed by atoms with Gasteiger partial charge in [0.05, 0.1) is 0 Å². The summed E-state index contributed by atoms with van der Waals surface area (Å²) in [5.41, 5.74) is 7.25. The zero-order chi connectivity index (χ0) is 13.1. The Hall–Kier alpha value is -1.26. The van der Waals surface area contributed by atoms with Crippen molar-refractivity contribution in [3.63, 3.8) is 0 Å². The third kappa shape index (κ3) is 3.19. The maximum absolute atomic E-state index is 6.01. The zero-order valence-electron chi connectivity index (χ0n) is 11.2. The van der Waals surface area contributed by atoms with E-state index in [-0.39, 0.29) is 0 Å². The fourth-order valence-corrected chi connectivity index (χ4v) is 2.99. The third-order valence-electron chi connectivity index (χ3n) is 4.02. The fourth-order valence-electron chi connectivity index (χ4n) is 2.99. The monoisotopic (exact) mass is 262 g/mol. The predicted octanol–water partition coefficient (Wildman–Crippen LogP) is 2.02. The van der Waals surface area contributed by atoms with Crippen molar-refractivity contribution in [2.24, 2.45) is 11.7 Å². The standard InChI is InChI=1S/C15H22N2O2/c16-13-3-1-2-11(6-13)8-17-9-12-4-5-14-15(7-12)19-10-18-14/h4-5,7,11,13,17H,1-3,6,8-10,16H2. The Morgan fingerprint density at radius 3 is 3.00 bits per heavy atom. The van der Waals surface area contributed by atoms with Gasteiger partial charge in [0.1, 0.15) is 0 Å². The summed E-state index contributed by atoms with van der Waals surface area (Å²) >= 11 is 0. The van der Waals surface area contributed by atoms with Crippen LogP contribution in [0.4, 0.5) is 0 Å². The Balaban J connectivity index is 1.47. The van der Waals surface area contributed by atoms with E-state index in [0.717, 1.165) is 36.9 Å². The molecule has 1 heterocycles. The smallest absolute Gasteiger partial charge is 0.231 e. The van der Waals surface area contributed by atoms with Gasteiger partial charge >= 0.3 is 0 Å². The van der Waals surface area contributed by atoms with Crippen LogP contribution in [0.3, 0.4) is 0 Å². The van der Waals surface area contributed by atoms with Gasteiger partial charge in [-0.2, -0.15) is 0 Å². The Morgan fingerprint density at radius 1 is 1.21 bits per heavy atom. The maximum atomic E-state index is 6.01. The lowest BCUT2D eigenvalue weighted by Crippen LogP contribution is -2.33. The molecule has 1 saturated carbocycles. The Bertz CT molecular complexity index is 436. The summed E-state index contributed by atoms with van der Waals surface area (Å²) in [5, 5.41) is 3.53. The number of ether oxygens (including phenoxy) is 2. The van der Waals surface area contributed by atoms with Crippen molar-refractivity contribution in [1.82, 2.24) is 5.32 Å². The summed E-state index contributed by atoms with van der Waals surface area (Å²) in [4.78, 5) is 0. The highest BCUT2D eigenvalue weighted by molar-refractivity contribution is 5.44. The summed E-state index contributed by atoms with van der Waals surface area (Å²) in [6.07, 6.45) is 4.94. The first kappa shape index (κ1) is 12.8. The second-order valence-electron chi connectivity index (χ2n) is 5.61. The van der Waals surface area contributed by atoms with Gasteiger partial charge in [-0.1, -0.05) is 12.5 Å². The van der Waals surface area contributed by atoms with Crippen LogP contribution in [0.5, 0.6) is 11.5 Å². The van der Waals surface area contributed by atoms with Crippen molar-refractivity contribution in [3.05, 3.63) is 23.8 Å². The predicted molar refractivity (Wildman–Crippen MR) is 74.2 cm³/mol. The second-order valence-corrected chi connectivity index (χ2v) is 5.61. The molecule has 3 N–H and O–H groups in total. The number of nitrogens with one attached hydrogen (secondary N) is 1. The van der Waals surface area contributed by atoms with E-state index in [2.05, 4.69) is 17.4 Å². The molecular weight excluding hydrogens is 240 g/mol. The minimum Gasteiger partial charge on any atom is -0.454 e. The van der Waals surface area contributed by atoms with Crippen LogP contribution >= 0.6 is 0 Å². The van der Waals surface area contributed by atoms with E-state index in [1.54, 1.807) is 0 Å². The van der Waals surface area contributed by atoms with Gasteiger partial charge in [-0.3, -0.25) is 0 Å². The summed E-state index contributed by atoms with van der Waals surface area (Å²) in [5.74, 6) is 2.44. The molecule has 0 saturated heterocycles. The summed E-state index contributed by atoms with van der Waals surface area (Å²) < 4.78 is 10.7. The van der Waals surface area contributed by atoms with E-state index in [1.165, 1.54) is 24.8 Å². The molecule has 0 aromatic heterocycles. The van der Waals surface area contributed by atoms with Gasteiger partial charge in [0, 0.05) is 12.6 Å². The van der Waals surface area contributed by atoms with E-state index >= 15 is 0 Å². The van der Waals surface area contributed by atoms with Crippen molar-refractivity contribution in [2.45, 2.75) is 38.3 Å². The molecule has 0 spiro atoms. The number of nitrogens with two attached hydrogens (primary N) is 1. The van der Waals surface area contributed by atoms with Gasteiger partial charge in [0.2, 0.25) is 6.79 Å². The second kappa shape index (κ2) is 5.80. The first-order valence-corrected chi connectivity index (χ1v) is 7.16. The molecule has 1 fully saturated rings. The molecule has 1 aliphatic heterocycles. The molecular formula is C15H22N2O2. The third-order valence-corrected chi connectivity index (χ3v) is 4.02. The largest absolute Gasteiger partial charge is 0.454 e. The fraction of sp³-hybridized carbons (Fsp3) is 0.600. The molecule has 2 unspecified atom stereocenters. The quantitative estimate of drug-likeness (QED) is 0.871. The van der Waals surface area contributed by atoms with Gasteiger partial charge < -0.3 is 20.5 Å². The van der Waals surface area contributed by atoms with Crippen LogP contribution in [-0.2, 0) is 6.54 Å². The van der Waals surface area contributed by atoms with Gasteiger partial charge in [0.15, 0.2) is 11.5 Å². The average Bonchev–Trinajstić information content (AvgIpc) is 2.86. The van der Waals surface area contributed by atoms with Crippen LogP contribution in [0.1, 0.15) is 31.2 Å². The number of hydrogen-bond donors (Lipinski definition) is 2. The molecule has 19 heavy (non-hydrogen) atoms. The number of rotatable bonds is 4. The summed E-state index contributed by atoms with van der Waals surface area (Å²) in [7, 11) is 0. The van der Waals surface area contributed by atoms with E-state index in [1.807, 2.05) is 6.07 Å². The van der Waals surface area contributed by atoms with Crippen molar-refractivity contribution >= 4 is 0 Å². The Morgan fingerprint density at radius 2 is 2.11 bits per heavy atom. The van der Waals surface area contributed by atoms with Gasteiger partial charge in [-0.05, 0) is 49.4 Å². The van der Waals surface area contributed by atoms with E-state index in [0.29, 0.717) is 12.8 Å². The first-order chi connectivity index (χ1) is 9.31. The molecule has 1 aliphatic carbocycles. The lowest BCUT2D eigenvalue weighted by Gasteiger charge is -2.26. The SMILES string of the molecule is NC1CCCC(CNCc2ccc3c(c2)OCO3)C1. The Labute approximate surface area is 114 Å². The van der Waals surface area contributed by atoms with Gasteiger partial charge in [-0.25, -0.2) is 0 Å². The van der Waals surface area contributed by atoms with Crippen LogP contribution in [0.15, 0.2) is 18.2 Å². The summed E-state index contributed by atoms with van der Waals surface area (Å²) in [6.45, 7) is 2.27. The molecule has 2 aliphatic rings. The highest BCUT2D eigenvalue weighted by Crippen LogP contribution is 2.32. The Kier molecular flexibility index (Phi) is 3.89. The normalized spacial score (nSPS) is 25.5. The van der Waals surface area contributed by atoms with Gasteiger partial charge in [-0.15, -0.1) is 0 Å². The van der Waals surface area contributed by atoms with Crippen molar-refractivity contribution in [3.8, 4) is 11.5 Å². The lowest BCUT2D eigenvalue weighted by molar-refractivity contribution is 0.174. The van der Waals surface area contributed by atoms with Gasteiger partial charge in [0.25, 0.3) is 0 Å². The van der Waals surface area contributed by atoms with E-state index < -0.39 is 0 Å². The molecule has 0 radical (unpaired) electrons. The molecule has 1 aromatic carbocycles. The highest BCUT2D eigenvalue weighted by atomic mass is 16.7. The number of hydrogen-bond acceptors (Lipinski definition) is 4. The molecule has 4 nitrogen and oxygen atoms in total. The topological polar surface area (TPSA) is 56.5 Å². The van der Waals surface area contributed by atoms with Crippen LogP contribution in [0.2, 0.25) is 0 Å². The van der Waals surface area contributed by atoms with E-state index in [9.17, 15) is 0 Å². The molecule has 0 bridgehead atoms. The first-order valence-electron chi connectivity index (χ1n) is 7.16. The molecule has 104 valence electrons. The van der Waals surface area contributed by atoms with Crippen molar-refractivity contribution in [1.29, 1.82) is 0 Å². The van der Waals surface area contributed by atoms with Crippen molar-refractivity contribution < 1.29 is 9.47 Å². The maximum Gasteiger partial charge on any atom is 0.231 e. The molecule has 4 heteroatoms. The lowest BCUT2D eigenvalue weighted by atomic mass is 9.86. The van der Waals surface area contributed by atoms with Crippen LogP contribution < -0.4 is 20.5 Å².